The van der Waals surface area contributed by atoms with Gasteiger partial charge in [-0.3, -0.25) is 9.69 Å². The number of aromatic nitrogens is 2. The fourth-order valence-electron chi connectivity index (χ4n) is 3.77. The lowest BCUT2D eigenvalue weighted by molar-refractivity contribution is 0.100. The lowest BCUT2D eigenvalue weighted by atomic mass is 10.1. The molecular formula is C22H24N4O3. The van der Waals surface area contributed by atoms with Crippen molar-refractivity contribution in [2.24, 2.45) is 5.73 Å². The Morgan fingerprint density at radius 2 is 1.86 bits per heavy atom. The fourth-order valence-corrected chi connectivity index (χ4v) is 3.77. The molecule has 1 unspecified atom stereocenters. The fraction of sp³-hybridized carbons (Fsp3) is 0.273. The van der Waals surface area contributed by atoms with Crippen molar-refractivity contribution >= 4 is 5.91 Å². The summed E-state index contributed by atoms with van der Waals surface area (Å²) in [7, 11) is 1.66. The Kier molecular flexibility index (Phi) is 5.48. The van der Waals surface area contributed by atoms with Gasteiger partial charge in [0, 0.05) is 18.2 Å². The summed E-state index contributed by atoms with van der Waals surface area (Å²) in [5, 5.41) is 7.04. The number of carbonyl (C=O) groups excluding carboxylic acids is 1. The maximum absolute atomic E-state index is 11.1. The van der Waals surface area contributed by atoms with Crippen LogP contribution in [0.25, 0.3) is 0 Å². The van der Waals surface area contributed by atoms with Gasteiger partial charge in [-0.15, -0.1) is 0 Å². The minimum Gasteiger partial charge on any atom is -0.481 e. The number of H-pyrrole nitrogens is 1. The van der Waals surface area contributed by atoms with Crippen molar-refractivity contribution in [3.8, 4) is 17.4 Å². The van der Waals surface area contributed by atoms with Gasteiger partial charge < -0.3 is 15.2 Å². The first-order valence-electron chi connectivity index (χ1n) is 9.62. The second kappa shape index (κ2) is 8.36. The summed E-state index contributed by atoms with van der Waals surface area (Å²) in [5.41, 5.74) is 8.05. The highest BCUT2D eigenvalue weighted by atomic mass is 16.5. The number of primary amides is 1. The molecule has 1 saturated heterocycles. The van der Waals surface area contributed by atoms with Crippen molar-refractivity contribution in [1.82, 2.24) is 15.1 Å². The number of methoxy groups -OCH3 is 1. The molecule has 1 atom stereocenters. The van der Waals surface area contributed by atoms with Crippen molar-refractivity contribution in [1.29, 1.82) is 0 Å². The van der Waals surface area contributed by atoms with Gasteiger partial charge in [0.05, 0.1) is 18.9 Å². The molecule has 3 N–H and O–H groups in total. The third kappa shape index (κ3) is 4.25. The van der Waals surface area contributed by atoms with Gasteiger partial charge in [-0.1, -0.05) is 12.1 Å². The first-order valence-corrected chi connectivity index (χ1v) is 9.62. The van der Waals surface area contributed by atoms with E-state index in [2.05, 4.69) is 27.2 Å². The molecule has 1 amide bonds. The van der Waals surface area contributed by atoms with Crippen LogP contribution in [-0.2, 0) is 6.54 Å². The van der Waals surface area contributed by atoms with Gasteiger partial charge in [-0.2, -0.15) is 5.10 Å². The van der Waals surface area contributed by atoms with E-state index in [1.165, 1.54) is 5.56 Å². The van der Waals surface area contributed by atoms with Crippen molar-refractivity contribution < 1.29 is 14.3 Å². The highest BCUT2D eigenvalue weighted by molar-refractivity contribution is 5.92. The van der Waals surface area contributed by atoms with Crippen molar-refractivity contribution in [2.75, 3.05) is 13.7 Å². The standard InChI is InChI=1S/C22H24N4O3/c1-28-22-19(13-24-25-22)20-3-2-12-26(20)14-15-4-8-17(9-5-15)29-18-10-6-16(7-11-18)21(23)27/h4-11,13,20H,2-3,12,14H2,1H3,(H2,23,27)(H,24,25). The van der Waals surface area contributed by atoms with Crippen LogP contribution in [0.4, 0.5) is 0 Å². The number of amides is 1. The van der Waals surface area contributed by atoms with Crippen LogP contribution in [-0.4, -0.2) is 34.7 Å². The van der Waals surface area contributed by atoms with E-state index in [0.717, 1.165) is 43.1 Å². The predicted octanol–water partition coefficient (Wildman–Crippen LogP) is 3.65. The molecule has 2 heterocycles. The molecule has 1 aliphatic rings. The first-order chi connectivity index (χ1) is 14.1. The third-order valence-electron chi connectivity index (χ3n) is 5.24. The molecular weight excluding hydrogens is 368 g/mol. The third-order valence-corrected chi connectivity index (χ3v) is 5.24. The zero-order valence-electron chi connectivity index (χ0n) is 16.3. The molecule has 7 heteroatoms. The summed E-state index contributed by atoms with van der Waals surface area (Å²) in [4.78, 5) is 13.6. The Labute approximate surface area is 169 Å². The van der Waals surface area contributed by atoms with Gasteiger partial charge in [-0.25, -0.2) is 5.10 Å². The zero-order valence-corrected chi connectivity index (χ0v) is 16.3. The van der Waals surface area contributed by atoms with Gasteiger partial charge in [0.2, 0.25) is 11.8 Å². The van der Waals surface area contributed by atoms with Crippen LogP contribution < -0.4 is 15.2 Å². The van der Waals surface area contributed by atoms with E-state index < -0.39 is 5.91 Å². The number of nitrogens with two attached hydrogens (primary N) is 1. The highest BCUT2D eigenvalue weighted by Crippen LogP contribution is 2.37. The van der Waals surface area contributed by atoms with E-state index >= 15 is 0 Å². The molecule has 3 aromatic rings. The Hall–Kier alpha value is -3.32. The number of hydrogen-bond donors (Lipinski definition) is 2. The Bertz CT molecular complexity index is 966. The van der Waals surface area contributed by atoms with E-state index in [1.807, 2.05) is 18.3 Å². The van der Waals surface area contributed by atoms with E-state index in [9.17, 15) is 4.79 Å². The van der Waals surface area contributed by atoms with E-state index in [4.69, 9.17) is 15.2 Å². The van der Waals surface area contributed by atoms with Crippen molar-refractivity contribution in [3.05, 3.63) is 71.4 Å². The number of likely N-dealkylation sites (tertiary alicyclic amines) is 1. The van der Waals surface area contributed by atoms with Crippen LogP contribution >= 0.6 is 0 Å². The summed E-state index contributed by atoms with van der Waals surface area (Å²) in [5.74, 6) is 1.70. The molecule has 150 valence electrons. The molecule has 1 fully saturated rings. The number of hydrogen-bond acceptors (Lipinski definition) is 5. The Morgan fingerprint density at radius 3 is 2.52 bits per heavy atom. The molecule has 0 saturated carbocycles. The predicted molar refractivity (Wildman–Crippen MR) is 109 cm³/mol. The van der Waals surface area contributed by atoms with Gasteiger partial charge in [0.15, 0.2) is 0 Å². The zero-order chi connectivity index (χ0) is 20.2. The summed E-state index contributed by atoms with van der Waals surface area (Å²) >= 11 is 0. The quantitative estimate of drug-likeness (QED) is 0.640. The minimum absolute atomic E-state index is 0.309. The highest BCUT2D eigenvalue weighted by Gasteiger charge is 2.29. The molecule has 1 aliphatic heterocycles. The lowest BCUT2D eigenvalue weighted by Gasteiger charge is -2.24. The maximum atomic E-state index is 11.1. The summed E-state index contributed by atoms with van der Waals surface area (Å²) in [6.45, 7) is 1.90. The molecule has 0 spiro atoms. The second-order valence-corrected chi connectivity index (χ2v) is 7.12. The van der Waals surface area contributed by atoms with Crippen LogP contribution in [0.5, 0.6) is 17.4 Å². The maximum Gasteiger partial charge on any atom is 0.248 e. The molecule has 29 heavy (non-hydrogen) atoms. The monoisotopic (exact) mass is 392 g/mol. The molecule has 2 aromatic carbocycles. The molecule has 7 nitrogen and oxygen atoms in total. The topological polar surface area (TPSA) is 93.5 Å². The average molecular weight is 392 g/mol. The Balaban J connectivity index is 1.40. The Morgan fingerprint density at radius 1 is 1.17 bits per heavy atom. The number of ether oxygens (including phenoxy) is 2. The smallest absolute Gasteiger partial charge is 0.248 e. The van der Waals surface area contributed by atoms with E-state index in [0.29, 0.717) is 17.4 Å². The number of nitrogens with one attached hydrogen (secondary N) is 1. The number of rotatable bonds is 7. The molecule has 4 rings (SSSR count). The number of carbonyl (C=O) groups is 1. The molecule has 0 aliphatic carbocycles. The lowest BCUT2D eigenvalue weighted by Crippen LogP contribution is -2.22. The normalized spacial score (nSPS) is 16.7. The molecule has 0 radical (unpaired) electrons. The van der Waals surface area contributed by atoms with Gasteiger partial charge in [0.1, 0.15) is 11.5 Å². The van der Waals surface area contributed by atoms with E-state index in [-0.39, 0.29) is 0 Å². The average Bonchev–Trinajstić information content (AvgIpc) is 3.38. The van der Waals surface area contributed by atoms with Gasteiger partial charge in [0.25, 0.3) is 0 Å². The summed E-state index contributed by atoms with van der Waals surface area (Å²) in [6.07, 6.45) is 4.11. The minimum atomic E-state index is -0.450. The van der Waals surface area contributed by atoms with Crippen LogP contribution in [0.3, 0.4) is 0 Å². The van der Waals surface area contributed by atoms with Crippen molar-refractivity contribution in [2.45, 2.75) is 25.4 Å². The molecule has 1 aromatic heterocycles. The number of aromatic amines is 1. The van der Waals surface area contributed by atoms with Crippen molar-refractivity contribution in [3.63, 3.8) is 0 Å². The van der Waals surface area contributed by atoms with Crippen LogP contribution in [0.1, 0.15) is 40.4 Å². The van der Waals surface area contributed by atoms with Crippen LogP contribution in [0.2, 0.25) is 0 Å². The van der Waals surface area contributed by atoms with Gasteiger partial charge >= 0.3 is 0 Å². The summed E-state index contributed by atoms with van der Waals surface area (Å²) < 4.78 is 11.3. The number of benzene rings is 2. The SMILES string of the molecule is COc1[nH]ncc1C1CCCN1Cc1ccc(Oc2ccc(C(N)=O)cc2)cc1. The van der Waals surface area contributed by atoms with Crippen LogP contribution in [0.15, 0.2) is 54.7 Å². The van der Waals surface area contributed by atoms with Crippen LogP contribution in [0, 0.1) is 0 Å². The number of nitrogens with zero attached hydrogens (tertiary/aromatic N) is 2. The first kappa shape index (κ1) is 19.0. The van der Waals surface area contributed by atoms with Gasteiger partial charge in [-0.05, 0) is 61.3 Å². The van der Waals surface area contributed by atoms with E-state index in [1.54, 1.807) is 31.4 Å². The second-order valence-electron chi connectivity index (χ2n) is 7.12. The molecule has 0 bridgehead atoms. The summed E-state index contributed by atoms with van der Waals surface area (Å²) in [6, 6.07) is 15.2. The largest absolute Gasteiger partial charge is 0.481 e.